The van der Waals surface area contributed by atoms with Crippen LogP contribution in [0.5, 0.6) is 0 Å². The summed E-state index contributed by atoms with van der Waals surface area (Å²) < 4.78 is 11.5. The van der Waals surface area contributed by atoms with Crippen molar-refractivity contribution in [2.24, 2.45) is 0 Å². The summed E-state index contributed by atoms with van der Waals surface area (Å²) in [7, 11) is -4.90. The Morgan fingerprint density at radius 3 is 1.80 bits per heavy atom. The highest BCUT2D eigenvalue weighted by molar-refractivity contribution is 6.74. The third-order valence-corrected chi connectivity index (χ3v) is 5.34. The van der Waals surface area contributed by atoms with Gasteiger partial charge in [-0.3, -0.25) is 4.79 Å². The molecule has 0 saturated carbocycles. The molecule has 20 heavy (non-hydrogen) atoms. The molecule has 0 radical (unpaired) electrons. The summed E-state index contributed by atoms with van der Waals surface area (Å²) in [4.78, 5) is 15.8. The van der Waals surface area contributed by atoms with Crippen LogP contribution in [0.2, 0.25) is 58.9 Å². The topological polar surface area (TPSA) is 47.6 Å². The molecule has 0 aliphatic rings. The van der Waals surface area contributed by atoms with Gasteiger partial charge in [0, 0.05) is 6.61 Å². The van der Waals surface area contributed by atoms with E-state index in [9.17, 15) is 4.79 Å². The number of nitrogens with one attached hydrogen (secondary N) is 1. The van der Waals surface area contributed by atoms with Crippen molar-refractivity contribution in [3.05, 3.63) is 0 Å². The molecule has 0 aromatic carbocycles. The van der Waals surface area contributed by atoms with E-state index >= 15 is 0 Å². The lowest BCUT2D eigenvalue weighted by molar-refractivity contribution is -0.137. The zero-order valence-corrected chi connectivity index (χ0v) is 17.7. The van der Waals surface area contributed by atoms with Gasteiger partial charge in [0.05, 0.1) is 0 Å². The van der Waals surface area contributed by atoms with Crippen LogP contribution in [0.4, 0.5) is 0 Å². The van der Waals surface area contributed by atoms with Crippen LogP contribution in [0.25, 0.3) is 0 Å². The fraction of sp³-hybridized carbons (Fsp3) is 0.923. The lowest BCUT2D eigenvalue weighted by Crippen LogP contribution is -2.53. The van der Waals surface area contributed by atoms with Gasteiger partial charge in [-0.15, -0.1) is 0 Å². The molecule has 0 heterocycles. The quantitative estimate of drug-likeness (QED) is 0.691. The van der Waals surface area contributed by atoms with Crippen LogP contribution in [0.1, 0.15) is 6.42 Å². The predicted octanol–water partition coefficient (Wildman–Crippen LogP) is 3.40. The van der Waals surface area contributed by atoms with Crippen LogP contribution in [-0.2, 0) is 13.6 Å². The molecule has 120 valence electrons. The van der Waals surface area contributed by atoms with E-state index < -0.39 is 24.9 Å². The van der Waals surface area contributed by atoms with Gasteiger partial charge >= 0.3 is 5.97 Å². The first-order chi connectivity index (χ1) is 8.70. The van der Waals surface area contributed by atoms with Gasteiger partial charge in [-0.1, -0.05) is 19.6 Å². The molecule has 0 saturated heterocycles. The van der Waals surface area contributed by atoms with E-state index in [0.29, 0.717) is 13.0 Å². The first kappa shape index (κ1) is 20.0. The first-order valence-electron chi connectivity index (χ1n) is 7.34. The Hall–Kier alpha value is 0.0406. The zero-order valence-electron chi connectivity index (χ0n) is 14.7. The van der Waals surface area contributed by atoms with Crippen LogP contribution < -0.4 is 4.98 Å². The zero-order chi connectivity index (χ0) is 16.2. The van der Waals surface area contributed by atoms with Gasteiger partial charge in [-0.05, 0) is 45.7 Å². The Labute approximate surface area is 128 Å². The van der Waals surface area contributed by atoms with E-state index in [1.807, 2.05) is 19.6 Å². The van der Waals surface area contributed by atoms with Gasteiger partial charge in [0.15, 0.2) is 8.32 Å². The van der Waals surface area contributed by atoms with E-state index in [-0.39, 0.29) is 12.0 Å². The SMILES string of the molecule is C[Si](C)(C)N[C@@H](CCO[Si](C)(C)C)C(=O)O[Si](C)(C)C. The van der Waals surface area contributed by atoms with Crippen molar-refractivity contribution in [3.8, 4) is 0 Å². The van der Waals surface area contributed by atoms with Gasteiger partial charge in [0.25, 0.3) is 0 Å². The van der Waals surface area contributed by atoms with E-state index in [1.165, 1.54) is 0 Å². The molecule has 0 aliphatic carbocycles. The van der Waals surface area contributed by atoms with E-state index in [4.69, 9.17) is 8.85 Å². The molecule has 0 fully saturated rings. The number of hydrogen-bond acceptors (Lipinski definition) is 4. The van der Waals surface area contributed by atoms with Gasteiger partial charge in [-0.25, -0.2) is 0 Å². The van der Waals surface area contributed by atoms with Crippen molar-refractivity contribution >= 4 is 30.8 Å². The molecule has 0 amide bonds. The molecule has 0 unspecified atom stereocenters. The summed E-state index contributed by atoms with van der Waals surface area (Å²) in [6.45, 7) is 19.8. The number of carbonyl (C=O) groups excluding carboxylic acids is 1. The summed E-state index contributed by atoms with van der Waals surface area (Å²) in [5, 5.41) is 0. The van der Waals surface area contributed by atoms with Gasteiger partial charge < -0.3 is 13.8 Å². The lowest BCUT2D eigenvalue weighted by atomic mass is 10.2. The molecule has 1 N–H and O–H groups in total. The van der Waals surface area contributed by atoms with Crippen molar-refractivity contribution in [1.82, 2.24) is 4.98 Å². The second kappa shape index (κ2) is 7.35. The van der Waals surface area contributed by atoms with E-state index in [1.54, 1.807) is 0 Å². The molecule has 0 aromatic heterocycles. The minimum Gasteiger partial charge on any atom is -0.519 e. The van der Waals surface area contributed by atoms with Gasteiger partial charge in [0.2, 0.25) is 8.32 Å². The van der Waals surface area contributed by atoms with Crippen molar-refractivity contribution in [2.45, 2.75) is 71.4 Å². The van der Waals surface area contributed by atoms with E-state index in [2.05, 4.69) is 44.3 Å². The number of hydrogen-bond donors (Lipinski definition) is 1. The summed E-state index contributed by atoms with van der Waals surface area (Å²) in [5.41, 5.74) is 0. The second-order valence-corrected chi connectivity index (χ2v) is 22.0. The van der Waals surface area contributed by atoms with Crippen molar-refractivity contribution in [3.63, 3.8) is 0 Å². The standard InChI is InChI=1S/C13H33NO3Si3/c1-18(2,3)14-12(10-11-16-19(4,5)6)13(15)17-20(7,8)9/h12,14H,10-11H2,1-9H3/t12-/m0/s1. The molecule has 4 nitrogen and oxygen atoms in total. The maximum Gasteiger partial charge on any atom is 0.309 e. The third-order valence-electron chi connectivity index (χ3n) is 2.24. The summed E-state index contributed by atoms with van der Waals surface area (Å²) in [5.74, 6) is -0.106. The Balaban J connectivity index is 4.61. The maximum absolute atomic E-state index is 12.3. The second-order valence-electron chi connectivity index (χ2n) is 8.23. The Bertz CT molecular complexity index is 316. The number of rotatable bonds is 8. The molecular formula is C13H33NO3Si3. The summed E-state index contributed by atoms with van der Waals surface area (Å²) in [6.07, 6.45) is 0.692. The highest BCUT2D eigenvalue weighted by Crippen LogP contribution is 2.11. The summed E-state index contributed by atoms with van der Waals surface area (Å²) in [6, 6.07) is -0.232. The van der Waals surface area contributed by atoms with Crippen LogP contribution in [0, 0.1) is 0 Å². The fourth-order valence-corrected chi connectivity index (χ4v) is 4.41. The monoisotopic (exact) mass is 335 g/mol. The number of carbonyl (C=O) groups is 1. The molecular weight excluding hydrogens is 302 g/mol. The molecule has 0 aliphatic heterocycles. The molecule has 0 bridgehead atoms. The fourth-order valence-electron chi connectivity index (χ4n) is 1.63. The Morgan fingerprint density at radius 2 is 1.45 bits per heavy atom. The molecule has 0 rings (SSSR count). The maximum atomic E-state index is 12.3. The van der Waals surface area contributed by atoms with Gasteiger partial charge in [0.1, 0.15) is 14.3 Å². The van der Waals surface area contributed by atoms with E-state index in [0.717, 1.165) is 0 Å². The molecule has 7 heteroatoms. The van der Waals surface area contributed by atoms with Crippen molar-refractivity contribution < 1.29 is 13.6 Å². The molecule has 0 spiro atoms. The highest BCUT2D eigenvalue weighted by atomic mass is 28.4. The molecule has 1 atom stereocenters. The lowest BCUT2D eigenvalue weighted by Gasteiger charge is -2.29. The third kappa shape index (κ3) is 11.8. The normalized spacial score (nSPS) is 15.1. The highest BCUT2D eigenvalue weighted by Gasteiger charge is 2.30. The van der Waals surface area contributed by atoms with Crippen molar-refractivity contribution in [1.29, 1.82) is 0 Å². The van der Waals surface area contributed by atoms with Crippen LogP contribution in [-0.4, -0.2) is 43.5 Å². The van der Waals surface area contributed by atoms with Crippen LogP contribution in [0.3, 0.4) is 0 Å². The first-order valence-corrected chi connectivity index (χ1v) is 17.7. The predicted molar refractivity (Wildman–Crippen MR) is 93.6 cm³/mol. The van der Waals surface area contributed by atoms with Crippen LogP contribution >= 0.6 is 0 Å². The minimum atomic E-state index is -1.84. The minimum absolute atomic E-state index is 0.106. The molecule has 0 aromatic rings. The summed E-state index contributed by atoms with van der Waals surface area (Å²) >= 11 is 0. The Morgan fingerprint density at radius 1 is 0.950 bits per heavy atom. The van der Waals surface area contributed by atoms with Crippen molar-refractivity contribution in [2.75, 3.05) is 6.61 Å². The average molecular weight is 336 g/mol. The van der Waals surface area contributed by atoms with Crippen LogP contribution in [0.15, 0.2) is 0 Å². The van der Waals surface area contributed by atoms with Gasteiger partial charge in [-0.2, -0.15) is 0 Å². The average Bonchev–Trinajstić information content (AvgIpc) is 2.09. The largest absolute Gasteiger partial charge is 0.519 e. The smallest absolute Gasteiger partial charge is 0.309 e. The Kier molecular flexibility index (Phi) is 7.36.